The van der Waals surface area contributed by atoms with E-state index >= 15 is 0 Å². The van der Waals surface area contributed by atoms with Crippen molar-refractivity contribution < 1.29 is 0 Å². The molecule has 2 atom stereocenters. The lowest BCUT2D eigenvalue weighted by molar-refractivity contribution is 0.670. The van der Waals surface area contributed by atoms with E-state index in [2.05, 4.69) is 39.8 Å². The third-order valence-corrected chi connectivity index (χ3v) is 2.85. The number of allylic oxidation sites excluding steroid dienone is 4. The fraction of sp³-hybridized carbons (Fsp3) is 0.789. The van der Waals surface area contributed by atoms with E-state index in [0.717, 1.165) is 11.8 Å². The van der Waals surface area contributed by atoms with Crippen LogP contribution in [-0.4, -0.2) is 0 Å². The first kappa shape index (κ1) is 36.8. The van der Waals surface area contributed by atoms with Gasteiger partial charge in [0.2, 0.25) is 0 Å². The van der Waals surface area contributed by atoms with Crippen molar-refractivity contribution in [2.24, 2.45) is 11.8 Å². The molecule has 0 aromatic rings. The minimum atomic E-state index is 0. The maximum atomic E-state index is 2.40. The van der Waals surface area contributed by atoms with Crippen LogP contribution in [0.4, 0.5) is 0 Å². The van der Waals surface area contributed by atoms with E-state index in [9.17, 15) is 0 Å². The molecule has 0 radical (unpaired) electrons. The Morgan fingerprint density at radius 1 is 0.950 bits per heavy atom. The van der Waals surface area contributed by atoms with Crippen molar-refractivity contribution >= 4 is 9.90 Å². The zero-order valence-corrected chi connectivity index (χ0v) is 14.8. The summed E-state index contributed by atoms with van der Waals surface area (Å²) in [4.78, 5) is 0. The van der Waals surface area contributed by atoms with E-state index < -0.39 is 0 Å². The molecule has 0 N–H and O–H groups in total. The van der Waals surface area contributed by atoms with E-state index in [0.29, 0.717) is 0 Å². The molecule has 0 aliphatic heterocycles. The van der Waals surface area contributed by atoms with Crippen molar-refractivity contribution in [3.63, 3.8) is 0 Å². The molecule has 0 aromatic carbocycles. The molecule has 0 amide bonds. The van der Waals surface area contributed by atoms with Gasteiger partial charge in [-0.05, 0) is 30.3 Å². The smallest absolute Gasteiger partial charge is 0.0127 e. The number of hydrogen-bond acceptors (Lipinski definition) is 0. The molecule has 1 rings (SSSR count). The van der Waals surface area contributed by atoms with Crippen molar-refractivity contribution in [3.8, 4) is 0 Å². The van der Waals surface area contributed by atoms with E-state index in [1.165, 1.54) is 12.8 Å². The Labute approximate surface area is 136 Å². The van der Waals surface area contributed by atoms with Gasteiger partial charge in [-0.3, -0.25) is 0 Å². The molecule has 0 aromatic heterocycles. The summed E-state index contributed by atoms with van der Waals surface area (Å²) in [6.07, 6.45) is 7.24. The van der Waals surface area contributed by atoms with Gasteiger partial charge in [0.15, 0.2) is 0 Å². The van der Waals surface area contributed by atoms with Gasteiger partial charge in [-0.15, -0.1) is 0 Å². The van der Waals surface area contributed by atoms with Crippen LogP contribution >= 0.6 is 9.90 Å². The second-order valence-electron chi connectivity index (χ2n) is 4.09. The monoisotopic (exact) mass is 306 g/mol. The maximum absolute atomic E-state index is 2.40. The highest BCUT2D eigenvalue weighted by molar-refractivity contribution is 6.92. The zero-order chi connectivity index (χ0) is 13.1. The summed E-state index contributed by atoms with van der Waals surface area (Å²) in [5.74, 6) is 1.48. The molecule has 1 heteroatoms. The molecule has 1 aliphatic rings. The number of hydrogen-bond donors (Lipinski definition) is 0. The zero-order valence-electron chi connectivity index (χ0n) is 13.4. The van der Waals surface area contributed by atoms with Crippen LogP contribution in [0.1, 0.15) is 90.5 Å². The van der Waals surface area contributed by atoms with Crippen LogP contribution in [0.5, 0.6) is 0 Å². The molecule has 1 aliphatic carbocycles. The molecule has 128 valence electrons. The molecule has 0 heterocycles. The third kappa shape index (κ3) is 14.3. The summed E-state index contributed by atoms with van der Waals surface area (Å²) in [6.45, 7) is 17.1. The van der Waals surface area contributed by atoms with Gasteiger partial charge >= 0.3 is 0 Å². The second kappa shape index (κ2) is 24.0. The van der Waals surface area contributed by atoms with Gasteiger partial charge in [-0.25, -0.2) is 0 Å². The van der Waals surface area contributed by atoms with Gasteiger partial charge < -0.3 is 0 Å². The molecule has 0 saturated heterocycles. The van der Waals surface area contributed by atoms with Crippen LogP contribution in [0.2, 0.25) is 0 Å². The van der Waals surface area contributed by atoms with Crippen LogP contribution < -0.4 is 0 Å². The summed E-state index contributed by atoms with van der Waals surface area (Å²) in [7, 11) is 0. The Morgan fingerprint density at radius 2 is 1.35 bits per heavy atom. The summed E-state index contributed by atoms with van der Waals surface area (Å²) in [5, 5.41) is 0. The van der Waals surface area contributed by atoms with Gasteiger partial charge in [-0.2, -0.15) is 9.90 Å². The minimum absolute atomic E-state index is 0. The lowest BCUT2D eigenvalue weighted by atomic mass is 9.98. The van der Waals surface area contributed by atoms with Gasteiger partial charge in [0.1, 0.15) is 0 Å². The Bertz CT molecular complexity index is 212. The predicted octanol–water partition coefficient (Wildman–Crippen LogP) is 7.96. The first-order valence-corrected chi connectivity index (χ1v) is 7.05. The minimum Gasteiger partial charge on any atom is -0.153 e. The van der Waals surface area contributed by atoms with Crippen LogP contribution in [0.3, 0.4) is 0 Å². The summed E-state index contributed by atoms with van der Waals surface area (Å²) >= 11 is 0. The summed E-state index contributed by atoms with van der Waals surface area (Å²) in [5.41, 5.74) is 3.16. The maximum Gasteiger partial charge on any atom is -0.0127 e. The normalized spacial score (nSPS) is 12.2. The Hall–Kier alpha value is -0.0900. The van der Waals surface area contributed by atoms with Gasteiger partial charge in [0, 0.05) is 0 Å². The lowest BCUT2D eigenvalue weighted by Gasteiger charge is -2.07. The van der Waals surface area contributed by atoms with Crippen molar-refractivity contribution in [1.29, 1.82) is 0 Å². The number of rotatable bonds is 3. The fourth-order valence-electron chi connectivity index (χ4n) is 1.55. The van der Waals surface area contributed by atoms with Gasteiger partial charge in [0.05, 0.1) is 0 Å². The van der Waals surface area contributed by atoms with E-state index in [4.69, 9.17) is 0 Å². The predicted molar refractivity (Wildman–Crippen MR) is 109 cm³/mol. The van der Waals surface area contributed by atoms with E-state index in [1.54, 1.807) is 11.1 Å². The first-order valence-electron chi connectivity index (χ1n) is 7.05. The molecule has 2 unspecified atom stereocenters. The summed E-state index contributed by atoms with van der Waals surface area (Å²) in [6, 6.07) is 0. The van der Waals surface area contributed by atoms with Crippen LogP contribution in [0.15, 0.2) is 23.3 Å². The highest BCUT2D eigenvalue weighted by Crippen LogP contribution is 2.29. The van der Waals surface area contributed by atoms with Crippen LogP contribution in [0, 0.1) is 11.8 Å². The molecular formula is C19H47P. The standard InChI is InChI=1S/C12H20.2C2H6.3CH4.H3P/c1-5-10(4)12-7-6-11(8-12)9(2)3;2*1-2;;;;/h7-10H,5-6H2,1-4H3;2*1-2H3;3*1H4;1H3. The largest absolute Gasteiger partial charge is 0.153 e. The Morgan fingerprint density at radius 3 is 1.60 bits per heavy atom. The van der Waals surface area contributed by atoms with Crippen molar-refractivity contribution in [3.05, 3.63) is 23.3 Å². The molecule has 0 fully saturated rings. The average molecular weight is 307 g/mol. The van der Waals surface area contributed by atoms with Gasteiger partial charge in [0.25, 0.3) is 0 Å². The molecule has 0 bridgehead atoms. The third-order valence-electron chi connectivity index (χ3n) is 2.85. The Kier molecular flexibility index (Phi) is 44.1. The fourth-order valence-corrected chi connectivity index (χ4v) is 1.55. The van der Waals surface area contributed by atoms with E-state index in [1.807, 2.05) is 27.7 Å². The van der Waals surface area contributed by atoms with Crippen LogP contribution in [0.25, 0.3) is 0 Å². The molecular weight excluding hydrogens is 259 g/mol. The average Bonchev–Trinajstić information content (AvgIpc) is 2.83. The van der Waals surface area contributed by atoms with Crippen molar-refractivity contribution in [1.82, 2.24) is 0 Å². The lowest BCUT2D eigenvalue weighted by Crippen LogP contribution is -1.93. The highest BCUT2D eigenvalue weighted by Gasteiger charge is 2.12. The molecule has 0 spiro atoms. The highest BCUT2D eigenvalue weighted by atomic mass is 31.0. The second-order valence-corrected chi connectivity index (χ2v) is 4.09. The van der Waals surface area contributed by atoms with E-state index in [-0.39, 0.29) is 32.2 Å². The van der Waals surface area contributed by atoms with Crippen molar-refractivity contribution in [2.75, 3.05) is 0 Å². The molecule has 0 nitrogen and oxygen atoms in total. The Balaban J connectivity index is -0.0000000564. The van der Waals surface area contributed by atoms with Gasteiger partial charge in [-0.1, -0.05) is 95.4 Å². The topological polar surface area (TPSA) is 0 Å². The summed E-state index contributed by atoms with van der Waals surface area (Å²) < 4.78 is 0. The van der Waals surface area contributed by atoms with Crippen molar-refractivity contribution in [2.45, 2.75) is 90.5 Å². The molecule has 20 heavy (non-hydrogen) atoms. The van der Waals surface area contributed by atoms with Crippen LogP contribution in [-0.2, 0) is 0 Å². The quantitative estimate of drug-likeness (QED) is 0.464. The molecule has 0 saturated carbocycles. The first-order chi connectivity index (χ1) is 7.65. The SMILES string of the molecule is C.C.C.CC.CC.CCC(C)C1=CCC(C(C)C)=C1.P.